The minimum atomic E-state index is 0.239. The van der Waals surface area contributed by atoms with Gasteiger partial charge in [-0.25, -0.2) is 0 Å². The molecular weight excluding hydrogens is 438 g/mol. The summed E-state index contributed by atoms with van der Waals surface area (Å²) in [4.78, 5) is 20.6. The predicted molar refractivity (Wildman–Crippen MR) is 135 cm³/mol. The van der Waals surface area contributed by atoms with Crippen molar-refractivity contribution >= 4 is 35.1 Å². The maximum Gasteiger partial charge on any atom is 0.236 e. The second kappa shape index (κ2) is 10.7. The Morgan fingerprint density at radius 3 is 2.42 bits per heavy atom. The number of rotatable bonds is 7. The highest BCUT2D eigenvalue weighted by Gasteiger charge is 2.26. The molecule has 180 valence electrons. The van der Waals surface area contributed by atoms with Gasteiger partial charge in [0.05, 0.1) is 12.1 Å². The molecule has 0 spiro atoms. The van der Waals surface area contributed by atoms with Gasteiger partial charge in [0.25, 0.3) is 0 Å². The molecule has 1 aliphatic heterocycles. The maximum atomic E-state index is 6.49. The molecule has 2 aromatic rings. The molecule has 9 heteroatoms. The lowest BCUT2D eigenvalue weighted by molar-refractivity contribution is 0.252. The number of nitrogens with zero attached hydrogens (tertiary/aromatic N) is 6. The summed E-state index contributed by atoms with van der Waals surface area (Å²) in [6.07, 6.45) is 8.43. The van der Waals surface area contributed by atoms with Gasteiger partial charge in [-0.1, -0.05) is 30.9 Å². The predicted octanol–water partition coefficient (Wildman–Crippen LogP) is 4.36. The number of nitrogens with two attached hydrogens (primary N) is 1. The van der Waals surface area contributed by atoms with E-state index in [1.165, 1.54) is 32.1 Å². The molecule has 2 heterocycles. The number of methoxy groups -OCH3 is 1. The number of ether oxygens (including phenoxy) is 1. The normalized spacial score (nSPS) is 18.3. The summed E-state index contributed by atoms with van der Waals surface area (Å²) < 4.78 is 5.36. The number of likely N-dealkylation sites (tertiary alicyclic amines) is 1. The Morgan fingerprint density at radius 1 is 1.06 bits per heavy atom. The van der Waals surface area contributed by atoms with Crippen LogP contribution in [0.15, 0.2) is 18.2 Å². The van der Waals surface area contributed by atoms with E-state index in [0.717, 1.165) is 38.2 Å². The summed E-state index contributed by atoms with van der Waals surface area (Å²) in [7, 11) is 5.85. The van der Waals surface area contributed by atoms with Crippen LogP contribution in [0, 0.1) is 5.92 Å². The van der Waals surface area contributed by atoms with Crippen molar-refractivity contribution in [3.63, 3.8) is 0 Å². The Hall–Kier alpha value is -2.32. The number of anilines is 4. The SMILES string of the molecule is COc1ccc(N(CC2CCCCC2)c2nc(N)nc(N(C)C3CCN(C)CC3)n2)cc1Cl. The molecule has 1 saturated carbocycles. The Kier molecular flexibility index (Phi) is 7.75. The van der Waals surface area contributed by atoms with Crippen LogP contribution in [0.3, 0.4) is 0 Å². The summed E-state index contributed by atoms with van der Waals surface area (Å²) in [5.74, 6) is 2.66. The van der Waals surface area contributed by atoms with Crippen molar-refractivity contribution in [2.24, 2.45) is 5.92 Å². The molecule has 0 radical (unpaired) electrons. The van der Waals surface area contributed by atoms with Crippen LogP contribution in [-0.4, -0.2) is 66.7 Å². The largest absolute Gasteiger partial charge is 0.495 e. The zero-order chi connectivity index (χ0) is 23.4. The van der Waals surface area contributed by atoms with Gasteiger partial charge in [-0.15, -0.1) is 0 Å². The highest BCUT2D eigenvalue weighted by molar-refractivity contribution is 6.32. The van der Waals surface area contributed by atoms with Crippen LogP contribution in [0.2, 0.25) is 5.02 Å². The molecule has 1 aromatic carbocycles. The first-order chi connectivity index (χ1) is 15.9. The van der Waals surface area contributed by atoms with Gasteiger partial charge in [0.1, 0.15) is 5.75 Å². The number of hydrogen-bond donors (Lipinski definition) is 1. The van der Waals surface area contributed by atoms with E-state index < -0.39 is 0 Å². The van der Waals surface area contributed by atoms with Crippen LogP contribution in [0.4, 0.5) is 23.5 Å². The number of nitrogen functional groups attached to an aromatic ring is 1. The summed E-state index contributed by atoms with van der Waals surface area (Å²) in [6.45, 7) is 2.96. The fourth-order valence-electron chi connectivity index (χ4n) is 4.95. The van der Waals surface area contributed by atoms with E-state index in [4.69, 9.17) is 27.1 Å². The second-order valence-corrected chi connectivity index (χ2v) is 9.78. The summed E-state index contributed by atoms with van der Waals surface area (Å²) in [5, 5.41) is 0.564. The second-order valence-electron chi connectivity index (χ2n) is 9.37. The Labute approximate surface area is 202 Å². The Balaban J connectivity index is 1.66. The van der Waals surface area contributed by atoms with Crippen LogP contribution in [0.5, 0.6) is 5.75 Å². The van der Waals surface area contributed by atoms with Crippen molar-refractivity contribution in [1.82, 2.24) is 19.9 Å². The molecule has 4 rings (SSSR count). The number of benzene rings is 1. The van der Waals surface area contributed by atoms with E-state index in [0.29, 0.717) is 34.6 Å². The molecule has 2 aliphatic rings. The molecular formula is C24H36ClN7O. The van der Waals surface area contributed by atoms with E-state index in [-0.39, 0.29) is 5.95 Å². The molecule has 1 saturated heterocycles. The zero-order valence-electron chi connectivity index (χ0n) is 20.0. The van der Waals surface area contributed by atoms with E-state index >= 15 is 0 Å². The summed E-state index contributed by atoms with van der Waals surface area (Å²) >= 11 is 6.49. The molecule has 1 aliphatic carbocycles. The molecule has 0 bridgehead atoms. The minimum Gasteiger partial charge on any atom is -0.495 e. The average molecular weight is 474 g/mol. The standard InChI is InChI=1S/C24H36ClN7O/c1-30-13-11-18(12-14-30)31(2)23-27-22(26)28-24(29-23)32(16-17-7-5-4-6-8-17)19-9-10-21(33-3)20(25)15-19/h9-10,15,17-18H,4-8,11-14,16H2,1-3H3,(H2,26,27,28,29). The molecule has 2 N–H and O–H groups in total. The first-order valence-electron chi connectivity index (χ1n) is 12.0. The molecule has 0 amide bonds. The molecule has 1 aromatic heterocycles. The van der Waals surface area contributed by atoms with E-state index in [1.807, 2.05) is 18.2 Å². The van der Waals surface area contributed by atoms with Crippen LogP contribution in [0.1, 0.15) is 44.9 Å². The Bertz CT molecular complexity index is 929. The van der Waals surface area contributed by atoms with E-state index in [2.05, 4.69) is 38.8 Å². The van der Waals surface area contributed by atoms with Crippen molar-refractivity contribution in [2.75, 3.05) is 56.4 Å². The third-order valence-corrected chi connectivity index (χ3v) is 7.33. The molecule has 33 heavy (non-hydrogen) atoms. The summed E-state index contributed by atoms with van der Waals surface area (Å²) in [6, 6.07) is 6.21. The van der Waals surface area contributed by atoms with Crippen molar-refractivity contribution in [3.05, 3.63) is 23.2 Å². The lowest BCUT2D eigenvalue weighted by Gasteiger charge is -2.35. The van der Waals surface area contributed by atoms with Crippen LogP contribution in [-0.2, 0) is 0 Å². The molecule has 0 unspecified atom stereocenters. The third-order valence-electron chi connectivity index (χ3n) is 7.03. The zero-order valence-corrected chi connectivity index (χ0v) is 20.8. The van der Waals surface area contributed by atoms with Crippen molar-refractivity contribution in [1.29, 1.82) is 0 Å². The number of halogens is 1. The number of piperidine rings is 1. The molecule has 8 nitrogen and oxygen atoms in total. The van der Waals surface area contributed by atoms with Crippen molar-refractivity contribution < 1.29 is 4.74 Å². The van der Waals surface area contributed by atoms with Gasteiger partial charge in [0, 0.05) is 25.3 Å². The van der Waals surface area contributed by atoms with E-state index in [9.17, 15) is 0 Å². The van der Waals surface area contributed by atoms with E-state index in [1.54, 1.807) is 7.11 Å². The topological polar surface area (TPSA) is 83.6 Å². The number of aromatic nitrogens is 3. The van der Waals surface area contributed by atoms with Gasteiger partial charge in [-0.3, -0.25) is 0 Å². The first-order valence-corrected chi connectivity index (χ1v) is 12.4. The molecule has 0 atom stereocenters. The monoisotopic (exact) mass is 473 g/mol. The number of hydrogen-bond acceptors (Lipinski definition) is 8. The Morgan fingerprint density at radius 2 is 1.76 bits per heavy atom. The smallest absolute Gasteiger partial charge is 0.236 e. The minimum absolute atomic E-state index is 0.239. The van der Waals surface area contributed by atoms with Gasteiger partial charge in [0.15, 0.2) is 0 Å². The maximum absolute atomic E-state index is 6.49. The highest BCUT2D eigenvalue weighted by Crippen LogP contribution is 2.35. The quantitative estimate of drug-likeness (QED) is 0.634. The lowest BCUT2D eigenvalue weighted by Crippen LogP contribution is -2.42. The average Bonchev–Trinajstić information content (AvgIpc) is 2.83. The van der Waals surface area contributed by atoms with Crippen LogP contribution in [0.25, 0.3) is 0 Å². The fraction of sp³-hybridized carbons (Fsp3) is 0.625. The summed E-state index contributed by atoms with van der Waals surface area (Å²) in [5.41, 5.74) is 7.14. The molecule has 2 fully saturated rings. The van der Waals surface area contributed by atoms with Gasteiger partial charge in [0.2, 0.25) is 17.8 Å². The first kappa shape index (κ1) is 23.8. The highest BCUT2D eigenvalue weighted by atomic mass is 35.5. The van der Waals surface area contributed by atoms with Crippen LogP contribution >= 0.6 is 11.6 Å². The van der Waals surface area contributed by atoms with Gasteiger partial charge >= 0.3 is 0 Å². The fourth-order valence-corrected chi connectivity index (χ4v) is 5.20. The lowest BCUT2D eigenvalue weighted by atomic mass is 9.89. The van der Waals surface area contributed by atoms with Crippen molar-refractivity contribution in [3.8, 4) is 5.75 Å². The third kappa shape index (κ3) is 5.79. The van der Waals surface area contributed by atoms with Crippen LogP contribution < -0.4 is 20.3 Å². The van der Waals surface area contributed by atoms with Crippen molar-refractivity contribution in [2.45, 2.75) is 51.0 Å². The van der Waals surface area contributed by atoms with Gasteiger partial charge < -0.3 is 25.2 Å². The van der Waals surface area contributed by atoms with Gasteiger partial charge in [-0.05, 0) is 69.9 Å². The van der Waals surface area contributed by atoms with Gasteiger partial charge in [-0.2, -0.15) is 15.0 Å².